The fourth-order valence-corrected chi connectivity index (χ4v) is 3.12. The number of methoxy groups -OCH3 is 1. The molecule has 3 rings (SSSR count). The molecule has 0 unspecified atom stereocenters. The van der Waals surface area contributed by atoms with Crippen molar-refractivity contribution in [2.24, 2.45) is 5.41 Å². The minimum atomic E-state index is -0.835. The first-order valence-electron chi connectivity index (χ1n) is 7.61. The quantitative estimate of drug-likeness (QED) is 0.804. The molecule has 22 heavy (non-hydrogen) atoms. The average Bonchev–Trinajstić information content (AvgIpc) is 2.80. The Bertz CT molecular complexity index is 641. The highest BCUT2D eigenvalue weighted by molar-refractivity contribution is 6.12. The second-order valence-electron chi connectivity index (χ2n) is 6.07. The zero-order valence-electron chi connectivity index (χ0n) is 13.0. The van der Waals surface area contributed by atoms with E-state index < -0.39 is 5.41 Å². The van der Waals surface area contributed by atoms with Crippen molar-refractivity contribution in [3.05, 3.63) is 29.8 Å². The summed E-state index contributed by atoms with van der Waals surface area (Å²) in [6.45, 7) is 2.38. The summed E-state index contributed by atoms with van der Waals surface area (Å²) in [5.41, 5.74) is 1.32. The van der Waals surface area contributed by atoms with Gasteiger partial charge < -0.3 is 9.47 Å². The number of ether oxygens (including phenoxy) is 2. The molecule has 116 valence electrons. The number of benzene rings is 1. The highest BCUT2D eigenvalue weighted by Crippen LogP contribution is 2.39. The predicted molar refractivity (Wildman–Crippen MR) is 83.1 cm³/mol. The molecule has 1 aromatic rings. The van der Waals surface area contributed by atoms with Gasteiger partial charge in [-0.3, -0.25) is 9.59 Å². The molecule has 1 fully saturated rings. The molecule has 0 atom stereocenters. The van der Waals surface area contributed by atoms with Crippen LogP contribution in [0.4, 0.5) is 0 Å². The first-order valence-corrected chi connectivity index (χ1v) is 7.61. The summed E-state index contributed by atoms with van der Waals surface area (Å²) in [5, 5.41) is 0. The molecule has 0 bridgehead atoms. The predicted octanol–water partition coefficient (Wildman–Crippen LogP) is 3.19. The standard InChI is InChI=1S/C18H20O4/c1-18(16(19)5-6-17(18)20)9-7-12-8-10-22-15-11-13(21-2)3-4-14(12)15/h3-4,7,11H,5-6,8-10H2,1-2H3/b12-7-. The third-order valence-corrected chi connectivity index (χ3v) is 4.73. The minimum absolute atomic E-state index is 0.0661. The van der Waals surface area contributed by atoms with Crippen molar-refractivity contribution < 1.29 is 19.1 Å². The van der Waals surface area contributed by atoms with Gasteiger partial charge in [0.2, 0.25) is 0 Å². The lowest BCUT2D eigenvalue weighted by Crippen LogP contribution is -2.28. The molecule has 0 amide bonds. The summed E-state index contributed by atoms with van der Waals surface area (Å²) in [5.74, 6) is 1.69. The maximum Gasteiger partial charge on any atom is 0.146 e. The number of carbonyl (C=O) groups is 2. The molecular weight excluding hydrogens is 280 g/mol. The fourth-order valence-electron chi connectivity index (χ4n) is 3.12. The molecule has 0 spiro atoms. The van der Waals surface area contributed by atoms with E-state index in [2.05, 4.69) is 0 Å². The summed E-state index contributed by atoms with van der Waals surface area (Å²) in [7, 11) is 1.62. The third-order valence-electron chi connectivity index (χ3n) is 4.73. The molecule has 1 heterocycles. The zero-order valence-corrected chi connectivity index (χ0v) is 13.0. The SMILES string of the molecule is COc1ccc2c(c1)OCC/C2=C/CC1(C)C(=O)CCC1=O. The molecule has 4 nitrogen and oxygen atoms in total. The number of ketones is 2. The molecule has 0 aromatic heterocycles. The van der Waals surface area contributed by atoms with Crippen LogP contribution in [0.5, 0.6) is 11.5 Å². The summed E-state index contributed by atoms with van der Waals surface area (Å²) >= 11 is 0. The van der Waals surface area contributed by atoms with Gasteiger partial charge in [0.15, 0.2) is 0 Å². The van der Waals surface area contributed by atoms with Crippen LogP contribution < -0.4 is 9.47 Å². The largest absolute Gasteiger partial charge is 0.497 e. The van der Waals surface area contributed by atoms with Crippen LogP contribution in [0, 0.1) is 5.41 Å². The maximum atomic E-state index is 12.0. The maximum absolute atomic E-state index is 12.0. The molecule has 1 aliphatic carbocycles. The number of allylic oxidation sites excluding steroid dienone is 1. The van der Waals surface area contributed by atoms with Crippen molar-refractivity contribution in [3.63, 3.8) is 0 Å². The van der Waals surface area contributed by atoms with Gasteiger partial charge in [-0.1, -0.05) is 6.08 Å². The van der Waals surface area contributed by atoms with Crippen molar-refractivity contribution in [1.29, 1.82) is 0 Å². The van der Waals surface area contributed by atoms with E-state index >= 15 is 0 Å². The van der Waals surface area contributed by atoms with Crippen molar-refractivity contribution in [2.75, 3.05) is 13.7 Å². The zero-order chi connectivity index (χ0) is 15.7. The lowest BCUT2D eigenvalue weighted by molar-refractivity contribution is -0.133. The Labute approximate surface area is 130 Å². The van der Waals surface area contributed by atoms with Crippen molar-refractivity contribution in [1.82, 2.24) is 0 Å². The van der Waals surface area contributed by atoms with E-state index in [0.29, 0.717) is 25.9 Å². The molecule has 0 N–H and O–H groups in total. The van der Waals surface area contributed by atoms with Crippen LogP contribution in [0.25, 0.3) is 5.57 Å². The monoisotopic (exact) mass is 300 g/mol. The number of carbonyl (C=O) groups excluding carboxylic acids is 2. The Hall–Kier alpha value is -2.10. The molecule has 2 aliphatic rings. The van der Waals surface area contributed by atoms with E-state index in [9.17, 15) is 9.59 Å². The van der Waals surface area contributed by atoms with E-state index in [1.165, 1.54) is 0 Å². The van der Waals surface area contributed by atoms with Gasteiger partial charge in [-0.15, -0.1) is 0 Å². The van der Waals surface area contributed by atoms with Crippen LogP contribution in [0.1, 0.15) is 38.2 Å². The van der Waals surface area contributed by atoms with Gasteiger partial charge in [0.25, 0.3) is 0 Å². The van der Waals surface area contributed by atoms with Crippen molar-refractivity contribution in [2.45, 2.75) is 32.6 Å². The number of rotatable bonds is 3. The molecule has 0 saturated heterocycles. The number of fused-ring (bicyclic) bond motifs is 1. The lowest BCUT2D eigenvalue weighted by atomic mass is 9.81. The van der Waals surface area contributed by atoms with Crippen molar-refractivity contribution >= 4 is 17.1 Å². The van der Waals surface area contributed by atoms with Gasteiger partial charge in [0.1, 0.15) is 23.1 Å². The first-order chi connectivity index (χ1) is 10.5. The third kappa shape index (κ3) is 2.43. The first kappa shape index (κ1) is 14.8. The van der Waals surface area contributed by atoms with Gasteiger partial charge in [-0.25, -0.2) is 0 Å². The van der Waals surface area contributed by atoms with E-state index in [1.807, 2.05) is 24.3 Å². The number of hydrogen-bond acceptors (Lipinski definition) is 4. The lowest BCUT2D eigenvalue weighted by Gasteiger charge is -2.23. The Morgan fingerprint density at radius 2 is 1.95 bits per heavy atom. The molecule has 4 heteroatoms. The fraction of sp³-hybridized carbons (Fsp3) is 0.444. The van der Waals surface area contributed by atoms with Crippen LogP contribution in [0.2, 0.25) is 0 Å². The summed E-state index contributed by atoms with van der Waals surface area (Å²) in [6, 6.07) is 5.74. The van der Waals surface area contributed by atoms with E-state index in [-0.39, 0.29) is 11.6 Å². The van der Waals surface area contributed by atoms with Crippen LogP contribution >= 0.6 is 0 Å². The van der Waals surface area contributed by atoms with Crippen LogP contribution in [-0.4, -0.2) is 25.3 Å². The Morgan fingerprint density at radius 1 is 1.23 bits per heavy atom. The van der Waals surface area contributed by atoms with Crippen LogP contribution in [0.15, 0.2) is 24.3 Å². The Kier molecular flexibility index (Phi) is 3.77. The normalized spacial score (nSPS) is 21.6. The summed E-state index contributed by atoms with van der Waals surface area (Å²) < 4.78 is 10.9. The van der Waals surface area contributed by atoms with Gasteiger partial charge in [0.05, 0.1) is 19.1 Å². The average molecular weight is 300 g/mol. The molecule has 0 radical (unpaired) electrons. The van der Waals surface area contributed by atoms with Gasteiger partial charge in [-0.05, 0) is 31.1 Å². The molecule has 1 aromatic carbocycles. The van der Waals surface area contributed by atoms with Crippen LogP contribution in [0.3, 0.4) is 0 Å². The number of Topliss-reactive ketones (excluding diaryl/α,β-unsaturated/α-hetero) is 2. The number of hydrogen-bond donors (Lipinski definition) is 0. The van der Waals surface area contributed by atoms with E-state index in [0.717, 1.165) is 29.1 Å². The van der Waals surface area contributed by atoms with E-state index in [1.54, 1.807) is 14.0 Å². The van der Waals surface area contributed by atoms with Crippen LogP contribution in [-0.2, 0) is 9.59 Å². The van der Waals surface area contributed by atoms with Gasteiger partial charge in [0, 0.05) is 30.9 Å². The Balaban J connectivity index is 1.88. The molecule has 1 saturated carbocycles. The second kappa shape index (κ2) is 5.59. The molecular formula is C18H20O4. The summed E-state index contributed by atoms with van der Waals surface area (Å²) in [4.78, 5) is 24.0. The molecule has 1 aliphatic heterocycles. The Morgan fingerprint density at radius 3 is 2.64 bits per heavy atom. The van der Waals surface area contributed by atoms with Gasteiger partial charge >= 0.3 is 0 Å². The summed E-state index contributed by atoms with van der Waals surface area (Å²) in [6.07, 6.45) is 4.07. The van der Waals surface area contributed by atoms with Gasteiger partial charge in [-0.2, -0.15) is 0 Å². The minimum Gasteiger partial charge on any atom is -0.497 e. The smallest absolute Gasteiger partial charge is 0.146 e. The topological polar surface area (TPSA) is 52.6 Å². The highest BCUT2D eigenvalue weighted by atomic mass is 16.5. The highest BCUT2D eigenvalue weighted by Gasteiger charge is 2.44. The van der Waals surface area contributed by atoms with Crippen molar-refractivity contribution in [3.8, 4) is 11.5 Å². The van der Waals surface area contributed by atoms with E-state index in [4.69, 9.17) is 9.47 Å². The second-order valence-corrected chi connectivity index (χ2v) is 6.07.